The molecule has 0 unspecified atom stereocenters. The molecule has 2 aromatic heterocycles. The number of rotatable bonds is 1. The molecule has 0 amide bonds. The van der Waals surface area contributed by atoms with Gasteiger partial charge in [0.05, 0.1) is 17.1 Å². The van der Waals surface area contributed by atoms with Crippen LogP contribution in [0.25, 0.3) is 22.5 Å². The van der Waals surface area contributed by atoms with Crippen LogP contribution in [0.3, 0.4) is 0 Å². The molecule has 1 fully saturated rings. The molecule has 1 radical (unpaired) electrons. The van der Waals surface area contributed by atoms with Crippen LogP contribution in [0, 0.1) is 12.2 Å². The molecule has 125 valence electrons. The van der Waals surface area contributed by atoms with E-state index in [1.165, 1.54) is 12.1 Å². The summed E-state index contributed by atoms with van der Waals surface area (Å²) in [5.74, 6) is 1.94. The molecule has 0 saturated heterocycles. The molecule has 1 aromatic carbocycles. The summed E-state index contributed by atoms with van der Waals surface area (Å²) in [7, 11) is 0. The van der Waals surface area contributed by atoms with Crippen LogP contribution >= 0.6 is 0 Å². The Balaban J connectivity index is 1.72. The van der Waals surface area contributed by atoms with Gasteiger partial charge in [-0.05, 0) is 62.4 Å². The van der Waals surface area contributed by atoms with Crippen molar-refractivity contribution in [2.75, 3.05) is 5.32 Å². The van der Waals surface area contributed by atoms with E-state index in [2.05, 4.69) is 21.7 Å². The van der Waals surface area contributed by atoms with Crippen molar-refractivity contribution in [3.8, 4) is 22.5 Å². The number of fused-ring (bicyclic) bond motifs is 5. The standard InChI is InChI=1S/C20H18FN4/c21-13-8-9-14-16(11-13)23-20-15(7-4-10-22-20)18-17(14)24-19(25-18)12-5-2-1-3-6-12/h1,4,7-12H,2-3,5-6H2,(H,22,23)(H,24,25). The lowest BCUT2D eigenvalue weighted by atomic mass is 9.89. The van der Waals surface area contributed by atoms with Gasteiger partial charge < -0.3 is 10.3 Å². The number of hydrogen-bond acceptors (Lipinski definition) is 3. The van der Waals surface area contributed by atoms with Crippen molar-refractivity contribution in [3.05, 3.63) is 54.6 Å². The zero-order valence-corrected chi connectivity index (χ0v) is 13.7. The molecule has 25 heavy (non-hydrogen) atoms. The Bertz CT molecular complexity index is 941. The minimum absolute atomic E-state index is 0.272. The summed E-state index contributed by atoms with van der Waals surface area (Å²) >= 11 is 0. The summed E-state index contributed by atoms with van der Waals surface area (Å²) in [4.78, 5) is 12.9. The largest absolute Gasteiger partial charge is 0.341 e. The van der Waals surface area contributed by atoms with Gasteiger partial charge >= 0.3 is 0 Å². The summed E-state index contributed by atoms with van der Waals surface area (Å²) in [5.41, 5.74) is 4.41. The first-order valence-electron chi connectivity index (χ1n) is 8.73. The van der Waals surface area contributed by atoms with E-state index in [-0.39, 0.29) is 5.82 Å². The number of nitrogens with zero attached hydrogens (tertiary/aromatic N) is 2. The predicted molar refractivity (Wildman–Crippen MR) is 96.0 cm³/mol. The van der Waals surface area contributed by atoms with E-state index in [9.17, 15) is 4.39 Å². The van der Waals surface area contributed by atoms with Crippen molar-refractivity contribution in [2.45, 2.75) is 31.6 Å². The predicted octanol–water partition coefficient (Wildman–Crippen LogP) is 5.20. The van der Waals surface area contributed by atoms with E-state index in [1.54, 1.807) is 12.3 Å². The Labute approximate surface area is 145 Å². The van der Waals surface area contributed by atoms with Gasteiger partial charge in [-0.25, -0.2) is 14.4 Å². The Morgan fingerprint density at radius 3 is 2.84 bits per heavy atom. The molecule has 1 saturated carbocycles. The molecule has 4 nitrogen and oxygen atoms in total. The smallest absolute Gasteiger partial charge is 0.139 e. The summed E-state index contributed by atoms with van der Waals surface area (Å²) in [6.45, 7) is 0. The lowest BCUT2D eigenvalue weighted by molar-refractivity contribution is 0.494. The summed E-state index contributed by atoms with van der Waals surface area (Å²) in [6.07, 6.45) is 8.62. The number of halogens is 1. The summed E-state index contributed by atoms with van der Waals surface area (Å²) in [5, 5.41) is 3.26. The van der Waals surface area contributed by atoms with E-state index in [0.717, 1.165) is 59.8 Å². The number of pyridine rings is 1. The Morgan fingerprint density at radius 2 is 1.96 bits per heavy atom. The highest BCUT2D eigenvalue weighted by Crippen LogP contribution is 2.43. The van der Waals surface area contributed by atoms with Crippen LogP contribution in [0.2, 0.25) is 0 Å². The van der Waals surface area contributed by atoms with Crippen molar-refractivity contribution in [1.82, 2.24) is 15.0 Å². The molecule has 0 spiro atoms. The first-order valence-corrected chi connectivity index (χ1v) is 8.73. The van der Waals surface area contributed by atoms with E-state index in [4.69, 9.17) is 4.98 Å². The molecule has 5 rings (SSSR count). The fourth-order valence-electron chi connectivity index (χ4n) is 3.84. The van der Waals surface area contributed by atoms with E-state index >= 15 is 0 Å². The number of imidazole rings is 1. The maximum absolute atomic E-state index is 13.8. The average molecular weight is 333 g/mol. The van der Waals surface area contributed by atoms with E-state index < -0.39 is 0 Å². The lowest BCUT2D eigenvalue weighted by Crippen LogP contribution is -2.06. The van der Waals surface area contributed by atoms with Crippen molar-refractivity contribution < 1.29 is 4.39 Å². The third-order valence-corrected chi connectivity index (χ3v) is 5.11. The van der Waals surface area contributed by atoms with Gasteiger partial charge in [0.25, 0.3) is 0 Å². The lowest BCUT2D eigenvalue weighted by Gasteiger charge is -2.19. The monoisotopic (exact) mass is 333 g/mol. The number of benzene rings is 1. The third kappa shape index (κ3) is 2.42. The summed E-state index contributed by atoms with van der Waals surface area (Å²) < 4.78 is 13.8. The van der Waals surface area contributed by atoms with Gasteiger partial charge in [0.1, 0.15) is 17.5 Å². The highest BCUT2D eigenvalue weighted by atomic mass is 19.1. The number of aromatic amines is 1. The molecule has 3 heterocycles. The fourth-order valence-corrected chi connectivity index (χ4v) is 3.84. The van der Waals surface area contributed by atoms with Crippen LogP contribution in [0.1, 0.15) is 37.4 Å². The molecule has 1 aliphatic heterocycles. The van der Waals surface area contributed by atoms with Crippen molar-refractivity contribution in [3.63, 3.8) is 0 Å². The zero-order valence-electron chi connectivity index (χ0n) is 13.7. The SMILES string of the molecule is Fc1ccc2c(c1)Nc1ncccc1-c1[nH]c(C3CC[CH]CC3)nc1-2. The van der Waals surface area contributed by atoms with Gasteiger partial charge in [-0.1, -0.05) is 0 Å². The van der Waals surface area contributed by atoms with Gasteiger partial charge in [-0.2, -0.15) is 0 Å². The Hall–Kier alpha value is -2.69. The molecule has 5 heteroatoms. The topological polar surface area (TPSA) is 53.6 Å². The van der Waals surface area contributed by atoms with Crippen LogP contribution in [-0.2, 0) is 0 Å². The van der Waals surface area contributed by atoms with Gasteiger partial charge in [0.15, 0.2) is 0 Å². The highest BCUT2D eigenvalue weighted by molar-refractivity contribution is 5.94. The number of anilines is 2. The van der Waals surface area contributed by atoms with Crippen LogP contribution < -0.4 is 5.32 Å². The molecule has 2 aliphatic rings. The van der Waals surface area contributed by atoms with Gasteiger partial charge in [0, 0.05) is 23.2 Å². The molecular weight excluding hydrogens is 315 g/mol. The van der Waals surface area contributed by atoms with Crippen LogP contribution in [-0.4, -0.2) is 15.0 Å². The number of aromatic nitrogens is 3. The van der Waals surface area contributed by atoms with Crippen LogP contribution in [0.4, 0.5) is 15.9 Å². The van der Waals surface area contributed by atoms with Crippen molar-refractivity contribution in [1.29, 1.82) is 0 Å². The second kappa shape index (κ2) is 5.69. The van der Waals surface area contributed by atoms with Gasteiger partial charge in [-0.15, -0.1) is 0 Å². The molecule has 2 N–H and O–H groups in total. The Morgan fingerprint density at radius 1 is 1.08 bits per heavy atom. The average Bonchev–Trinajstić information content (AvgIpc) is 3.03. The van der Waals surface area contributed by atoms with E-state index in [0.29, 0.717) is 11.6 Å². The quantitative estimate of drug-likeness (QED) is 0.503. The van der Waals surface area contributed by atoms with Crippen molar-refractivity contribution in [2.24, 2.45) is 0 Å². The first-order chi connectivity index (χ1) is 12.3. The second-order valence-corrected chi connectivity index (χ2v) is 6.70. The maximum atomic E-state index is 13.8. The van der Waals surface area contributed by atoms with Gasteiger partial charge in [-0.3, -0.25) is 0 Å². The normalized spacial score (nSPS) is 16.4. The molecule has 0 atom stereocenters. The molecule has 0 bridgehead atoms. The Kier molecular flexibility index (Phi) is 3.33. The van der Waals surface area contributed by atoms with Crippen LogP contribution in [0.15, 0.2) is 36.5 Å². The molecular formula is C20H18FN4. The van der Waals surface area contributed by atoms with Crippen LogP contribution in [0.5, 0.6) is 0 Å². The summed E-state index contributed by atoms with van der Waals surface area (Å²) in [6, 6.07) is 8.72. The highest BCUT2D eigenvalue weighted by Gasteiger charge is 2.27. The third-order valence-electron chi connectivity index (χ3n) is 5.11. The first kappa shape index (κ1) is 14.6. The van der Waals surface area contributed by atoms with Crippen molar-refractivity contribution >= 4 is 11.5 Å². The molecule has 3 aromatic rings. The number of H-pyrrole nitrogens is 1. The van der Waals surface area contributed by atoms with Gasteiger partial charge in [0.2, 0.25) is 0 Å². The minimum atomic E-state index is -0.272. The van der Waals surface area contributed by atoms with E-state index in [1.807, 2.05) is 12.1 Å². The second-order valence-electron chi connectivity index (χ2n) is 6.70. The fraction of sp³-hybridized carbons (Fsp3) is 0.250. The zero-order chi connectivity index (χ0) is 16.8. The molecule has 1 aliphatic carbocycles. The minimum Gasteiger partial charge on any atom is -0.341 e. The number of hydrogen-bond donors (Lipinski definition) is 2. The maximum Gasteiger partial charge on any atom is 0.139 e. The number of nitrogens with one attached hydrogen (secondary N) is 2.